The largest absolute Gasteiger partial charge is 0.327 e. The molecule has 1 fully saturated rings. The Morgan fingerprint density at radius 2 is 1.92 bits per heavy atom. The topological polar surface area (TPSA) is 26.0 Å². The van der Waals surface area contributed by atoms with Gasteiger partial charge in [0, 0.05) is 12.0 Å². The second-order valence-electron chi connectivity index (χ2n) is 3.18. The normalized spacial score (nSPS) is 27.2. The van der Waals surface area contributed by atoms with Crippen molar-refractivity contribution < 1.29 is 8.78 Å². The highest BCUT2D eigenvalue weighted by Crippen LogP contribution is 2.39. The van der Waals surface area contributed by atoms with Crippen LogP contribution in [0.1, 0.15) is 17.9 Å². The molecule has 1 saturated carbocycles. The second kappa shape index (κ2) is 2.52. The van der Waals surface area contributed by atoms with Crippen LogP contribution in [0.5, 0.6) is 0 Å². The van der Waals surface area contributed by atoms with Gasteiger partial charge >= 0.3 is 0 Å². The average molecular weight is 169 g/mol. The number of halogens is 2. The van der Waals surface area contributed by atoms with E-state index in [4.69, 9.17) is 5.73 Å². The predicted octanol–water partition coefficient (Wildman–Crippen LogP) is 1.78. The maximum Gasteiger partial charge on any atom is 0.159 e. The van der Waals surface area contributed by atoms with Gasteiger partial charge in [0.05, 0.1) is 0 Å². The van der Waals surface area contributed by atoms with Crippen LogP contribution in [0.25, 0.3) is 0 Å². The average Bonchev–Trinajstić information content (AvgIpc) is 2.73. The van der Waals surface area contributed by atoms with Gasteiger partial charge in [-0.25, -0.2) is 8.78 Å². The standard InChI is InChI=1S/C9H9F2N/c10-7-2-1-5(3-8(7)11)6-4-9(6)12/h1-3,6,9H,4,12H2/t6?,9-/m1/s1. The van der Waals surface area contributed by atoms with Crippen molar-refractivity contribution in [3.8, 4) is 0 Å². The van der Waals surface area contributed by atoms with Crippen LogP contribution in [0.4, 0.5) is 8.78 Å². The summed E-state index contributed by atoms with van der Waals surface area (Å²) < 4.78 is 25.2. The van der Waals surface area contributed by atoms with Crippen LogP contribution in [0.15, 0.2) is 18.2 Å². The Morgan fingerprint density at radius 1 is 1.25 bits per heavy atom. The Morgan fingerprint density at radius 3 is 2.42 bits per heavy atom. The molecule has 0 aromatic heterocycles. The summed E-state index contributed by atoms with van der Waals surface area (Å²) in [5.74, 6) is -1.35. The molecule has 0 radical (unpaired) electrons. The highest BCUT2D eigenvalue weighted by molar-refractivity contribution is 5.28. The van der Waals surface area contributed by atoms with Crippen LogP contribution >= 0.6 is 0 Å². The molecule has 1 unspecified atom stereocenters. The van der Waals surface area contributed by atoms with Gasteiger partial charge in [0.15, 0.2) is 11.6 Å². The van der Waals surface area contributed by atoms with Gasteiger partial charge in [-0.15, -0.1) is 0 Å². The van der Waals surface area contributed by atoms with E-state index in [0.29, 0.717) is 0 Å². The Balaban J connectivity index is 2.29. The molecule has 0 saturated heterocycles. The number of rotatable bonds is 1. The molecule has 2 atom stereocenters. The first kappa shape index (κ1) is 7.68. The molecule has 3 heteroatoms. The van der Waals surface area contributed by atoms with E-state index in [9.17, 15) is 8.78 Å². The smallest absolute Gasteiger partial charge is 0.159 e. The summed E-state index contributed by atoms with van der Waals surface area (Å²) >= 11 is 0. The van der Waals surface area contributed by atoms with Gasteiger partial charge in [-0.2, -0.15) is 0 Å². The number of benzene rings is 1. The van der Waals surface area contributed by atoms with Crippen LogP contribution in [-0.2, 0) is 0 Å². The Labute approximate surface area is 69.2 Å². The van der Waals surface area contributed by atoms with E-state index in [0.717, 1.165) is 18.1 Å². The Hall–Kier alpha value is -0.960. The maximum absolute atomic E-state index is 12.7. The van der Waals surface area contributed by atoms with Crippen LogP contribution in [0, 0.1) is 11.6 Å². The van der Waals surface area contributed by atoms with Gasteiger partial charge in [0.1, 0.15) is 0 Å². The minimum atomic E-state index is -0.798. The summed E-state index contributed by atoms with van der Waals surface area (Å²) in [7, 11) is 0. The first-order valence-electron chi connectivity index (χ1n) is 3.89. The van der Waals surface area contributed by atoms with Gasteiger partial charge in [-0.1, -0.05) is 6.07 Å². The third-order valence-corrected chi connectivity index (χ3v) is 2.21. The van der Waals surface area contributed by atoms with Gasteiger partial charge in [0.25, 0.3) is 0 Å². The zero-order chi connectivity index (χ0) is 8.72. The minimum absolute atomic E-state index is 0.134. The SMILES string of the molecule is N[C@@H]1CC1c1ccc(F)c(F)c1. The van der Waals surface area contributed by atoms with E-state index in [1.807, 2.05) is 0 Å². The van der Waals surface area contributed by atoms with Crippen LogP contribution in [0.2, 0.25) is 0 Å². The first-order valence-corrected chi connectivity index (χ1v) is 3.89. The molecule has 0 bridgehead atoms. The molecule has 1 nitrogen and oxygen atoms in total. The van der Waals surface area contributed by atoms with Gasteiger partial charge in [-0.3, -0.25) is 0 Å². The van der Waals surface area contributed by atoms with Crippen LogP contribution in [0.3, 0.4) is 0 Å². The molecular formula is C9H9F2N. The summed E-state index contributed by atoms with van der Waals surface area (Å²) in [6.07, 6.45) is 0.880. The highest BCUT2D eigenvalue weighted by atomic mass is 19.2. The van der Waals surface area contributed by atoms with E-state index in [1.165, 1.54) is 6.07 Å². The molecule has 1 aliphatic carbocycles. The van der Waals surface area contributed by atoms with E-state index >= 15 is 0 Å². The fourth-order valence-electron chi connectivity index (χ4n) is 1.34. The zero-order valence-corrected chi connectivity index (χ0v) is 6.43. The highest BCUT2D eigenvalue weighted by Gasteiger charge is 2.35. The van der Waals surface area contributed by atoms with E-state index < -0.39 is 11.6 Å². The van der Waals surface area contributed by atoms with Crippen molar-refractivity contribution in [2.75, 3.05) is 0 Å². The fourth-order valence-corrected chi connectivity index (χ4v) is 1.34. The fraction of sp³-hybridized carbons (Fsp3) is 0.333. The lowest BCUT2D eigenvalue weighted by Gasteiger charge is -1.98. The third-order valence-electron chi connectivity index (χ3n) is 2.21. The quantitative estimate of drug-likeness (QED) is 0.681. The molecule has 1 aromatic carbocycles. The Bertz CT molecular complexity index is 311. The van der Waals surface area contributed by atoms with Crippen molar-refractivity contribution in [3.63, 3.8) is 0 Å². The Kier molecular flexibility index (Phi) is 1.61. The molecular weight excluding hydrogens is 160 g/mol. The van der Waals surface area contributed by atoms with E-state index in [2.05, 4.69) is 0 Å². The van der Waals surface area contributed by atoms with Crippen molar-refractivity contribution in [2.24, 2.45) is 5.73 Å². The zero-order valence-electron chi connectivity index (χ0n) is 6.43. The van der Waals surface area contributed by atoms with Crippen molar-refractivity contribution in [1.82, 2.24) is 0 Å². The lowest BCUT2D eigenvalue weighted by molar-refractivity contribution is 0.507. The molecule has 12 heavy (non-hydrogen) atoms. The molecule has 0 amide bonds. The van der Waals surface area contributed by atoms with Gasteiger partial charge < -0.3 is 5.73 Å². The number of nitrogens with two attached hydrogens (primary N) is 1. The molecule has 1 aliphatic rings. The summed E-state index contributed by atoms with van der Waals surface area (Å²) in [6, 6.07) is 4.10. The molecule has 0 aliphatic heterocycles. The summed E-state index contributed by atoms with van der Waals surface area (Å²) in [6.45, 7) is 0. The minimum Gasteiger partial charge on any atom is -0.327 e. The second-order valence-corrected chi connectivity index (χ2v) is 3.18. The molecule has 0 spiro atoms. The number of hydrogen-bond acceptors (Lipinski definition) is 1. The summed E-state index contributed by atoms with van der Waals surface area (Å²) in [5, 5.41) is 0. The van der Waals surface area contributed by atoms with Gasteiger partial charge in [0.2, 0.25) is 0 Å². The van der Waals surface area contributed by atoms with Crippen LogP contribution < -0.4 is 5.73 Å². The molecule has 1 aromatic rings. The van der Waals surface area contributed by atoms with Crippen molar-refractivity contribution in [3.05, 3.63) is 35.4 Å². The molecule has 0 heterocycles. The van der Waals surface area contributed by atoms with Crippen LogP contribution in [-0.4, -0.2) is 6.04 Å². The predicted molar refractivity (Wildman–Crippen MR) is 41.7 cm³/mol. The lowest BCUT2D eigenvalue weighted by Crippen LogP contribution is -2.01. The molecule has 2 rings (SSSR count). The summed E-state index contributed by atoms with van der Waals surface area (Å²) in [4.78, 5) is 0. The molecule has 64 valence electrons. The molecule has 2 N–H and O–H groups in total. The van der Waals surface area contributed by atoms with Gasteiger partial charge in [-0.05, 0) is 24.1 Å². The van der Waals surface area contributed by atoms with Crippen molar-refractivity contribution in [2.45, 2.75) is 18.4 Å². The number of hydrogen-bond donors (Lipinski definition) is 1. The van der Waals surface area contributed by atoms with E-state index in [-0.39, 0.29) is 12.0 Å². The van der Waals surface area contributed by atoms with E-state index in [1.54, 1.807) is 6.07 Å². The van der Waals surface area contributed by atoms with Crippen molar-refractivity contribution >= 4 is 0 Å². The monoisotopic (exact) mass is 169 g/mol. The summed E-state index contributed by atoms with van der Waals surface area (Å²) in [5.41, 5.74) is 6.38. The third kappa shape index (κ3) is 1.20. The maximum atomic E-state index is 12.7. The lowest BCUT2D eigenvalue weighted by atomic mass is 10.1. The van der Waals surface area contributed by atoms with Crippen molar-refractivity contribution in [1.29, 1.82) is 0 Å². The first-order chi connectivity index (χ1) is 5.68.